The first-order valence-electron chi connectivity index (χ1n) is 12.7. The molecule has 38 heavy (non-hydrogen) atoms. The predicted octanol–water partition coefficient (Wildman–Crippen LogP) is 3.52. The maximum atomic E-state index is 13.3. The first-order valence-corrected chi connectivity index (χ1v) is 18.5. The monoisotopic (exact) mass is 568 g/mol. The van der Waals surface area contributed by atoms with Gasteiger partial charge in [-0.1, -0.05) is 41.5 Å². The third-order valence-corrected chi connectivity index (χ3v) is 17.3. The van der Waals surface area contributed by atoms with Crippen LogP contribution in [0.3, 0.4) is 0 Å². The largest absolute Gasteiger partial charge is 0.422 e. The van der Waals surface area contributed by atoms with Crippen LogP contribution in [0.5, 0.6) is 0 Å². The van der Waals surface area contributed by atoms with Crippen molar-refractivity contribution in [2.45, 2.75) is 109 Å². The molecular weight excluding hydrogens is 524 g/mol. The number of amides is 1. The van der Waals surface area contributed by atoms with Gasteiger partial charge in [-0.2, -0.15) is 5.26 Å². The molecule has 214 valence electrons. The molecule has 13 heteroatoms. The van der Waals surface area contributed by atoms with Gasteiger partial charge in [0.25, 0.3) is 11.2 Å². The van der Waals surface area contributed by atoms with Gasteiger partial charge in [-0.05, 0) is 43.2 Å². The lowest BCUT2D eigenvalue weighted by Crippen LogP contribution is -2.58. The maximum absolute atomic E-state index is 13.3. The minimum absolute atomic E-state index is 0.0926. The number of primary amides is 1. The predicted molar refractivity (Wildman–Crippen MR) is 149 cm³/mol. The molecule has 4 atom stereocenters. The zero-order chi connectivity index (χ0) is 29.6. The number of ether oxygens (including phenoxy) is 2. The number of hydrogen-bond acceptors (Lipinski definition) is 8. The van der Waals surface area contributed by atoms with Crippen LogP contribution in [-0.4, -0.2) is 56.3 Å². The number of nitrogens with zero attached hydrogens (tertiary/aromatic N) is 3. The second-order valence-electron chi connectivity index (χ2n) is 13.1. The molecule has 1 aromatic heterocycles. The van der Waals surface area contributed by atoms with E-state index in [9.17, 15) is 19.6 Å². The Kier molecular flexibility index (Phi) is 8.73. The molecule has 1 aromatic rings. The van der Waals surface area contributed by atoms with Gasteiger partial charge in [0.1, 0.15) is 18.3 Å². The molecule has 0 aromatic carbocycles. The summed E-state index contributed by atoms with van der Waals surface area (Å²) in [5.74, 6) is 0. The smallest absolute Gasteiger partial charge is 0.406 e. The summed E-state index contributed by atoms with van der Waals surface area (Å²) in [6.07, 6.45) is -3.36. The van der Waals surface area contributed by atoms with E-state index in [-0.39, 0.29) is 16.7 Å². The Hall–Kier alpha value is -2.25. The van der Waals surface area contributed by atoms with Crippen LogP contribution in [0.15, 0.2) is 15.8 Å². The molecule has 1 aliphatic heterocycles. The van der Waals surface area contributed by atoms with Crippen molar-refractivity contribution < 1.29 is 23.1 Å². The van der Waals surface area contributed by atoms with E-state index in [1.54, 1.807) is 6.92 Å². The molecule has 2 heterocycles. The minimum Gasteiger partial charge on any atom is -0.422 e. The van der Waals surface area contributed by atoms with Crippen molar-refractivity contribution >= 4 is 22.7 Å². The molecule has 1 fully saturated rings. The van der Waals surface area contributed by atoms with Crippen molar-refractivity contribution in [2.24, 2.45) is 12.8 Å². The number of aromatic nitrogens is 2. The van der Waals surface area contributed by atoms with Crippen molar-refractivity contribution in [1.29, 1.82) is 5.26 Å². The van der Waals surface area contributed by atoms with Crippen molar-refractivity contribution in [1.82, 2.24) is 9.13 Å². The van der Waals surface area contributed by atoms with Gasteiger partial charge in [0.15, 0.2) is 22.9 Å². The number of nitrogens with two attached hydrogens (primary N) is 1. The fourth-order valence-electron chi connectivity index (χ4n) is 3.73. The third kappa shape index (κ3) is 5.84. The van der Waals surface area contributed by atoms with Gasteiger partial charge < -0.3 is 24.1 Å². The van der Waals surface area contributed by atoms with Gasteiger partial charge in [-0.15, -0.1) is 0 Å². The number of hydrogen-bond donors (Lipinski definition) is 1. The van der Waals surface area contributed by atoms with Crippen LogP contribution < -0.4 is 17.0 Å². The normalized spacial score (nSPS) is 24.8. The molecule has 2 rings (SSSR count). The van der Waals surface area contributed by atoms with E-state index < -0.39 is 58.0 Å². The zero-order valence-corrected chi connectivity index (χ0v) is 26.8. The van der Waals surface area contributed by atoms with Gasteiger partial charge >= 0.3 is 11.8 Å². The molecule has 2 N–H and O–H groups in total. The molecule has 1 saturated heterocycles. The lowest BCUT2D eigenvalue weighted by Gasteiger charge is -2.42. The van der Waals surface area contributed by atoms with Crippen LogP contribution in [0.4, 0.5) is 4.79 Å². The van der Waals surface area contributed by atoms with E-state index in [0.717, 1.165) is 4.57 Å². The summed E-state index contributed by atoms with van der Waals surface area (Å²) in [6, 6.07) is 2.12. The van der Waals surface area contributed by atoms with E-state index in [4.69, 9.17) is 24.1 Å². The van der Waals surface area contributed by atoms with E-state index in [2.05, 4.69) is 26.8 Å². The van der Waals surface area contributed by atoms with Crippen molar-refractivity contribution in [3.05, 3.63) is 32.6 Å². The summed E-state index contributed by atoms with van der Waals surface area (Å²) in [7, 11) is -3.62. The molecule has 1 aliphatic rings. The van der Waals surface area contributed by atoms with Crippen molar-refractivity contribution in [3.63, 3.8) is 0 Å². The summed E-state index contributed by atoms with van der Waals surface area (Å²) < 4.78 is 27.2. The fourth-order valence-corrected chi connectivity index (χ4v) is 6.01. The number of aryl methyl sites for hydroxylation is 1. The SMILES string of the molecule is Cc1cn([C@@H]2O[C@H](CO[Si](C)(C)C(C)(C)C)C(C#N)(OC(N)=O)[C@H]2O[Si](C)(C)C(C)(C)C)c(=O)n(C)c1=O. The highest BCUT2D eigenvalue weighted by Crippen LogP contribution is 2.47. The second kappa shape index (κ2) is 10.4. The highest BCUT2D eigenvalue weighted by atomic mass is 28.4. The number of carbonyl (C=O) groups is 1. The molecule has 11 nitrogen and oxygen atoms in total. The van der Waals surface area contributed by atoms with Crippen LogP contribution in [0, 0.1) is 18.3 Å². The van der Waals surface area contributed by atoms with Crippen LogP contribution in [0.2, 0.25) is 36.3 Å². The zero-order valence-electron chi connectivity index (χ0n) is 24.8. The summed E-state index contributed by atoms with van der Waals surface area (Å²) >= 11 is 0. The van der Waals surface area contributed by atoms with Crippen molar-refractivity contribution in [3.8, 4) is 6.07 Å². The van der Waals surface area contributed by atoms with Crippen LogP contribution in [-0.2, 0) is 25.4 Å². The number of carbonyl (C=O) groups excluding carboxylic acids is 1. The molecule has 0 aliphatic carbocycles. The van der Waals surface area contributed by atoms with E-state index >= 15 is 0 Å². The van der Waals surface area contributed by atoms with E-state index in [1.807, 2.05) is 47.0 Å². The van der Waals surface area contributed by atoms with Gasteiger partial charge in [-0.3, -0.25) is 13.9 Å². The average Bonchev–Trinajstić information content (AvgIpc) is 3.04. The first-order chi connectivity index (χ1) is 17.0. The first kappa shape index (κ1) is 32.0. The van der Waals surface area contributed by atoms with E-state index in [1.165, 1.54) is 17.8 Å². The van der Waals surface area contributed by atoms with Gasteiger partial charge in [0.2, 0.25) is 0 Å². The average molecular weight is 569 g/mol. The molecule has 1 amide bonds. The summed E-state index contributed by atoms with van der Waals surface area (Å²) in [5.41, 5.74) is 2.64. The van der Waals surface area contributed by atoms with E-state index in [0.29, 0.717) is 5.56 Å². The second-order valence-corrected chi connectivity index (χ2v) is 22.6. The summed E-state index contributed by atoms with van der Waals surface area (Å²) in [4.78, 5) is 37.9. The molecule has 1 unspecified atom stereocenters. The lowest BCUT2D eigenvalue weighted by atomic mass is 9.93. The summed E-state index contributed by atoms with van der Waals surface area (Å²) in [5, 5.41) is 10.1. The molecule has 0 saturated carbocycles. The van der Waals surface area contributed by atoms with Gasteiger partial charge in [-0.25, -0.2) is 9.59 Å². The minimum atomic E-state index is -2.65. The van der Waals surface area contributed by atoms with Gasteiger partial charge in [0, 0.05) is 18.8 Å². The van der Waals surface area contributed by atoms with Crippen molar-refractivity contribution in [2.75, 3.05) is 6.61 Å². The van der Waals surface area contributed by atoms with Gasteiger partial charge in [0.05, 0.1) is 6.61 Å². The Bertz CT molecular complexity index is 1220. The number of rotatable bonds is 7. The molecule has 0 radical (unpaired) electrons. The maximum Gasteiger partial charge on any atom is 0.406 e. The standard InChI is InChI=1S/C25H44N4O7Si2/c1-16-13-29(22(32)28(8)19(16)30)20-18(36-38(11,12)24(5,6)7)25(15-26,35-21(27)31)17(34-20)14-33-37(9,10)23(2,3)4/h13,17-18,20H,14H2,1-12H3,(H2,27,31)/t17-,18+,20-,25?/m1/s1. The Balaban J connectivity index is 2.80. The lowest BCUT2D eigenvalue weighted by molar-refractivity contribution is -0.0632. The van der Waals surface area contributed by atoms with Crippen LogP contribution in [0.1, 0.15) is 53.3 Å². The third-order valence-electron chi connectivity index (χ3n) is 8.29. The highest BCUT2D eigenvalue weighted by molar-refractivity contribution is 6.74. The Labute approximate surface area is 227 Å². The molecular formula is C25H44N4O7Si2. The molecule has 0 bridgehead atoms. The molecule has 0 spiro atoms. The van der Waals surface area contributed by atoms with Crippen LogP contribution in [0.25, 0.3) is 0 Å². The number of nitriles is 1. The highest BCUT2D eigenvalue weighted by Gasteiger charge is 2.64. The Morgan fingerprint density at radius 1 is 1.13 bits per heavy atom. The fraction of sp³-hybridized carbons (Fsp3) is 0.760. The Morgan fingerprint density at radius 2 is 1.66 bits per heavy atom. The summed E-state index contributed by atoms with van der Waals surface area (Å²) in [6.45, 7) is 21.8. The topological polar surface area (TPSA) is 148 Å². The quantitative estimate of drug-likeness (QED) is 0.491. The Morgan fingerprint density at radius 3 is 2.11 bits per heavy atom. The van der Waals surface area contributed by atoms with Crippen LogP contribution >= 0.6 is 0 Å².